The second kappa shape index (κ2) is 5.44. The van der Waals surface area contributed by atoms with Gasteiger partial charge in [0.1, 0.15) is 5.56 Å². The number of nitrogen functional groups attached to an aromatic ring is 1. The largest absolute Gasteiger partial charge is 0.396 e. The lowest BCUT2D eigenvalue weighted by Crippen LogP contribution is -2.33. The van der Waals surface area contributed by atoms with E-state index in [9.17, 15) is 19.3 Å². The Morgan fingerprint density at radius 2 is 2.25 bits per heavy atom. The molecule has 20 heavy (non-hydrogen) atoms. The average Bonchev–Trinajstić information content (AvgIpc) is 3.15. The molecule has 1 saturated carbocycles. The fraction of sp³-hybridized carbons (Fsp3) is 0.462. The molecule has 3 N–H and O–H groups in total. The number of carbonyl (C=O) groups excluding carboxylic acids is 1. The molecule has 2 rings (SSSR count). The topological polar surface area (TPSA) is 98.3 Å². The maximum absolute atomic E-state index is 13.3. The SMILES string of the molecule is CC(CC1CC1)NC(=O)c1cc(N)c(F)cc1[N+](=O)[O-]. The summed E-state index contributed by atoms with van der Waals surface area (Å²) in [5.74, 6) is -0.880. The molecule has 0 saturated heterocycles. The molecule has 0 bridgehead atoms. The lowest BCUT2D eigenvalue weighted by Gasteiger charge is -2.13. The fourth-order valence-electron chi connectivity index (χ4n) is 2.13. The van der Waals surface area contributed by atoms with Crippen molar-refractivity contribution < 1.29 is 14.1 Å². The maximum Gasteiger partial charge on any atom is 0.285 e. The van der Waals surface area contributed by atoms with Crippen LogP contribution in [-0.2, 0) is 0 Å². The van der Waals surface area contributed by atoms with Crippen LogP contribution in [0.1, 0.15) is 36.5 Å². The molecular weight excluding hydrogens is 265 g/mol. The van der Waals surface area contributed by atoms with Gasteiger partial charge in [-0.2, -0.15) is 0 Å². The van der Waals surface area contributed by atoms with Gasteiger partial charge in [-0.05, 0) is 25.3 Å². The number of amides is 1. The van der Waals surface area contributed by atoms with Gasteiger partial charge in [0.05, 0.1) is 16.7 Å². The number of nitrogens with one attached hydrogen (secondary N) is 1. The van der Waals surface area contributed by atoms with Crippen LogP contribution in [0.2, 0.25) is 0 Å². The Kier molecular flexibility index (Phi) is 3.87. The molecule has 1 fully saturated rings. The zero-order valence-electron chi connectivity index (χ0n) is 11.1. The van der Waals surface area contributed by atoms with E-state index in [0.29, 0.717) is 12.0 Å². The highest BCUT2D eigenvalue weighted by Gasteiger charge is 2.27. The van der Waals surface area contributed by atoms with Crippen molar-refractivity contribution in [3.8, 4) is 0 Å². The minimum atomic E-state index is -0.903. The van der Waals surface area contributed by atoms with Gasteiger partial charge in [-0.1, -0.05) is 12.8 Å². The first-order valence-corrected chi connectivity index (χ1v) is 6.42. The molecule has 1 aromatic rings. The van der Waals surface area contributed by atoms with Gasteiger partial charge in [0.15, 0.2) is 5.82 Å². The number of anilines is 1. The molecular formula is C13H16FN3O3. The minimum absolute atomic E-state index is 0.0825. The number of nitrogens with two attached hydrogens (primary N) is 1. The van der Waals surface area contributed by atoms with E-state index in [4.69, 9.17) is 5.73 Å². The van der Waals surface area contributed by atoms with E-state index < -0.39 is 22.3 Å². The number of hydrogen-bond acceptors (Lipinski definition) is 4. The van der Waals surface area contributed by atoms with Crippen LogP contribution < -0.4 is 11.1 Å². The lowest BCUT2D eigenvalue weighted by molar-refractivity contribution is -0.385. The Balaban J connectivity index is 2.18. The number of rotatable bonds is 5. The van der Waals surface area contributed by atoms with Gasteiger partial charge in [-0.3, -0.25) is 14.9 Å². The molecule has 1 aliphatic rings. The first-order chi connectivity index (χ1) is 9.38. The van der Waals surface area contributed by atoms with Crippen molar-refractivity contribution in [1.29, 1.82) is 0 Å². The summed E-state index contributed by atoms with van der Waals surface area (Å²) >= 11 is 0. The van der Waals surface area contributed by atoms with E-state index in [2.05, 4.69) is 5.32 Å². The molecule has 1 amide bonds. The highest BCUT2D eigenvalue weighted by Crippen LogP contribution is 2.33. The van der Waals surface area contributed by atoms with Crippen LogP contribution in [0.5, 0.6) is 0 Å². The van der Waals surface area contributed by atoms with Crippen LogP contribution in [0, 0.1) is 21.8 Å². The van der Waals surface area contributed by atoms with Crippen molar-refractivity contribution in [1.82, 2.24) is 5.32 Å². The maximum atomic E-state index is 13.3. The second-order valence-electron chi connectivity index (χ2n) is 5.20. The van der Waals surface area contributed by atoms with Crippen LogP contribution in [0.15, 0.2) is 12.1 Å². The molecule has 0 aromatic heterocycles. The molecule has 0 spiro atoms. The normalized spacial score (nSPS) is 15.7. The van der Waals surface area contributed by atoms with E-state index >= 15 is 0 Å². The molecule has 1 atom stereocenters. The van der Waals surface area contributed by atoms with Gasteiger partial charge in [0.2, 0.25) is 0 Å². The van der Waals surface area contributed by atoms with Crippen molar-refractivity contribution in [3.63, 3.8) is 0 Å². The highest BCUT2D eigenvalue weighted by atomic mass is 19.1. The van der Waals surface area contributed by atoms with E-state index in [1.54, 1.807) is 0 Å². The number of hydrogen-bond donors (Lipinski definition) is 2. The first-order valence-electron chi connectivity index (χ1n) is 6.42. The summed E-state index contributed by atoms with van der Waals surface area (Å²) in [5.41, 5.74) is 4.30. The van der Waals surface area contributed by atoms with Gasteiger partial charge >= 0.3 is 0 Å². The third kappa shape index (κ3) is 3.23. The molecule has 108 valence electrons. The van der Waals surface area contributed by atoms with Crippen molar-refractivity contribution in [2.75, 3.05) is 5.73 Å². The molecule has 0 radical (unpaired) electrons. The second-order valence-corrected chi connectivity index (χ2v) is 5.20. The minimum Gasteiger partial charge on any atom is -0.396 e. The number of halogens is 1. The standard InChI is InChI=1S/C13H16FN3O3/c1-7(4-8-2-3-8)16-13(18)9-5-11(15)10(14)6-12(9)17(19)20/h5-8H,2-4,15H2,1H3,(H,16,18). The fourth-order valence-corrected chi connectivity index (χ4v) is 2.13. The Morgan fingerprint density at radius 3 is 2.80 bits per heavy atom. The van der Waals surface area contributed by atoms with E-state index in [-0.39, 0.29) is 17.3 Å². The molecule has 1 unspecified atom stereocenters. The van der Waals surface area contributed by atoms with Crippen LogP contribution in [-0.4, -0.2) is 16.9 Å². The van der Waals surface area contributed by atoms with Crippen molar-refractivity contribution in [2.45, 2.75) is 32.2 Å². The predicted molar refractivity (Wildman–Crippen MR) is 71.7 cm³/mol. The molecule has 6 nitrogen and oxygen atoms in total. The van der Waals surface area contributed by atoms with E-state index in [1.807, 2.05) is 6.92 Å². The summed E-state index contributed by atoms with van der Waals surface area (Å²) in [7, 11) is 0. The third-order valence-electron chi connectivity index (χ3n) is 3.32. The average molecular weight is 281 g/mol. The smallest absolute Gasteiger partial charge is 0.285 e. The van der Waals surface area contributed by atoms with Crippen molar-refractivity contribution in [2.24, 2.45) is 5.92 Å². The summed E-state index contributed by atoms with van der Waals surface area (Å²) in [5, 5.41) is 13.6. The van der Waals surface area contributed by atoms with Crippen LogP contribution in [0.25, 0.3) is 0 Å². The Morgan fingerprint density at radius 1 is 1.60 bits per heavy atom. The number of nitrogens with zero attached hydrogens (tertiary/aromatic N) is 1. The van der Waals surface area contributed by atoms with E-state index in [0.717, 1.165) is 25.3 Å². The zero-order chi connectivity index (χ0) is 14.9. The van der Waals surface area contributed by atoms with Gasteiger partial charge in [-0.15, -0.1) is 0 Å². The molecule has 7 heteroatoms. The first kappa shape index (κ1) is 14.2. The Labute approximate surface area is 115 Å². The predicted octanol–water partition coefficient (Wildman–Crippen LogP) is 2.23. The third-order valence-corrected chi connectivity index (χ3v) is 3.32. The summed E-state index contributed by atoms with van der Waals surface area (Å²) < 4.78 is 13.3. The number of nitro benzene ring substituents is 1. The molecule has 0 heterocycles. The summed E-state index contributed by atoms with van der Waals surface area (Å²) in [6, 6.07) is 1.60. The number of carbonyl (C=O) groups is 1. The zero-order valence-corrected chi connectivity index (χ0v) is 11.1. The van der Waals surface area contributed by atoms with E-state index in [1.165, 1.54) is 0 Å². The molecule has 1 aromatic carbocycles. The van der Waals surface area contributed by atoms with Gasteiger partial charge in [0.25, 0.3) is 11.6 Å². The van der Waals surface area contributed by atoms with Gasteiger partial charge < -0.3 is 11.1 Å². The summed E-state index contributed by atoms with van der Waals surface area (Å²) in [6.07, 6.45) is 3.16. The monoisotopic (exact) mass is 281 g/mol. The summed E-state index contributed by atoms with van der Waals surface area (Å²) in [4.78, 5) is 22.1. The van der Waals surface area contributed by atoms with Gasteiger partial charge in [-0.25, -0.2) is 4.39 Å². The lowest BCUT2D eigenvalue weighted by atomic mass is 10.1. The quantitative estimate of drug-likeness (QED) is 0.491. The van der Waals surface area contributed by atoms with Crippen LogP contribution in [0.3, 0.4) is 0 Å². The summed E-state index contributed by atoms with van der Waals surface area (Å²) in [6.45, 7) is 1.84. The number of nitro groups is 1. The Hall–Kier alpha value is -2.18. The van der Waals surface area contributed by atoms with Crippen LogP contribution >= 0.6 is 0 Å². The number of benzene rings is 1. The Bertz CT molecular complexity index is 558. The van der Waals surface area contributed by atoms with Crippen molar-refractivity contribution in [3.05, 3.63) is 33.6 Å². The highest BCUT2D eigenvalue weighted by molar-refractivity contribution is 5.99. The molecule has 0 aliphatic heterocycles. The molecule has 1 aliphatic carbocycles. The van der Waals surface area contributed by atoms with Crippen molar-refractivity contribution >= 4 is 17.3 Å². The van der Waals surface area contributed by atoms with Gasteiger partial charge in [0, 0.05) is 6.04 Å². The van der Waals surface area contributed by atoms with Crippen LogP contribution in [0.4, 0.5) is 15.8 Å².